The number of methoxy groups -OCH3 is 1. The number of benzene rings is 2. The first kappa shape index (κ1) is 20.9. The fraction of sp³-hybridized carbons (Fsp3) is 0.0800. The molecule has 2 heterocycles. The van der Waals surface area contributed by atoms with Gasteiger partial charge in [0.1, 0.15) is 18.0 Å². The van der Waals surface area contributed by atoms with Crippen molar-refractivity contribution >= 4 is 29.3 Å². The molecule has 0 unspecified atom stereocenters. The van der Waals surface area contributed by atoms with Gasteiger partial charge in [-0.25, -0.2) is 9.78 Å². The second-order valence-electron chi connectivity index (χ2n) is 6.95. The topological polar surface area (TPSA) is 81.9 Å². The predicted octanol–water partition coefficient (Wildman–Crippen LogP) is 4.35. The highest BCUT2D eigenvalue weighted by Gasteiger charge is 2.05. The molecule has 1 amide bonds. The quantitative estimate of drug-likeness (QED) is 0.350. The molecule has 2 aromatic heterocycles. The summed E-state index contributed by atoms with van der Waals surface area (Å²) in [4.78, 5) is 28.2. The monoisotopic (exact) mass is 427 g/mol. The number of ether oxygens (including phenoxy) is 2. The number of fused-ring (bicyclic) bond motifs is 1. The molecule has 0 bridgehead atoms. The van der Waals surface area contributed by atoms with E-state index in [9.17, 15) is 9.59 Å². The molecule has 160 valence electrons. The number of carbonyl (C=O) groups excluding carboxylic acids is 2. The van der Waals surface area contributed by atoms with Crippen LogP contribution in [0.25, 0.3) is 11.7 Å². The second kappa shape index (κ2) is 9.61. The summed E-state index contributed by atoms with van der Waals surface area (Å²) in [5.74, 6) is -0.0525. The van der Waals surface area contributed by atoms with Crippen molar-refractivity contribution in [1.82, 2.24) is 9.38 Å². The molecule has 0 aliphatic heterocycles. The molecule has 7 heteroatoms. The van der Waals surface area contributed by atoms with E-state index < -0.39 is 5.97 Å². The Bertz CT molecular complexity index is 1240. The lowest BCUT2D eigenvalue weighted by Crippen LogP contribution is -2.07. The molecule has 0 atom stereocenters. The van der Waals surface area contributed by atoms with Crippen LogP contribution in [-0.4, -0.2) is 28.4 Å². The Morgan fingerprint density at radius 3 is 2.69 bits per heavy atom. The number of amides is 1. The fourth-order valence-electron chi connectivity index (χ4n) is 3.08. The first-order chi connectivity index (χ1) is 15.6. The first-order valence-electron chi connectivity index (χ1n) is 9.93. The van der Waals surface area contributed by atoms with Crippen LogP contribution in [0.4, 0.5) is 5.69 Å². The molecule has 4 aromatic rings. The summed E-state index contributed by atoms with van der Waals surface area (Å²) >= 11 is 0. The molecular weight excluding hydrogens is 406 g/mol. The molecule has 0 radical (unpaired) electrons. The van der Waals surface area contributed by atoms with Crippen molar-refractivity contribution in [2.24, 2.45) is 0 Å². The van der Waals surface area contributed by atoms with Crippen LogP contribution in [-0.2, 0) is 16.1 Å². The number of aromatic nitrogens is 2. The zero-order valence-electron chi connectivity index (χ0n) is 17.4. The number of nitrogens with one attached hydrogen (secondary N) is 1. The van der Waals surface area contributed by atoms with E-state index in [0.29, 0.717) is 23.6 Å². The van der Waals surface area contributed by atoms with Gasteiger partial charge in [0.2, 0.25) is 5.91 Å². The largest absolute Gasteiger partial charge is 0.487 e. The van der Waals surface area contributed by atoms with Crippen LogP contribution in [0, 0.1) is 0 Å². The number of anilines is 1. The molecular formula is C25H21N3O4. The number of hydrogen-bond acceptors (Lipinski definition) is 5. The number of pyridine rings is 1. The SMILES string of the molecule is COC(=O)c1ccc(/C=C/C(=O)Nc2cccc(OCc3cn4ccccc4n3)c2)cc1. The van der Waals surface area contributed by atoms with E-state index in [1.165, 1.54) is 13.2 Å². The zero-order chi connectivity index (χ0) is 22.3. The Morgan fingerprint density at radius 1 is 1.06 bits per heavy atom. The van der Waals surface area contributed by atoms with Gasteiger partial charge in [0, 0.05) is 30.2 Å². The third-order valence-electron chi connectivity index (χ3n) is 4.66. The Balaban J connectivity index is 1.34. The normalized spacial score (nSPS) is 10.9. The third kappa shape index (κ3) is 5.20. The van der Waals surface area contributed by atoms with Crippen LogP contribution in [0.5, 0.6) is 5.75 Å². The number of carbonyl (C=O) groups is 2. The number of imidazole rings is 1. The average molecular weight is 427 g/mol. The minimum Gasteiger partial charge on any atom is -0.487 e. The van der Waals surface area contributed by atoms with Gasteiger partial charge in [0.25, 0.3) is 0 Å². The van der Waals surface area contributed by atoms with Crippen LogP contribution >= 0.6 is 0 Å². The predicted molar refractivity (Wildman–Crippen MR) is 121 cm³/mol. The Kier molecular flexibility index (Phi) is 6.27. The van der Waals surface area contributed by atoms with Crippen molar-refractivity contribution in [2.45, 2.75) is 6.61 Å². The van der Waals surface area contributed by atoms with Crippen LogP contribution < -0.4 is 10.1 Å². The summed E-state index contributed by atoms with van der Waals surface area (Å²) in [6.45, 7) is 0.320. The van der Waals surface area contributed by atoms with E-state index in [-0.39, 0.29) is 5.91 Å². The summed E-state index contributed by atoms with van der Waals surface area (Å²) in [6.07, 6.45) is 6.95. The summed E-state index contributed by atoms with van der Waals surface area (Å²) in [5, 5.41) is 2.81. The Labute approximate surface area is 184 Å². The highest BCUT2D eigenvalue weighted by atomic mass is 16.5. The number of rotatable bonds is 7. The summed E-state index contributed by atoms with van der Waals surface area (Å²) in [6, 6.07) is 19.8. The molecule has 4 rings (SSSR count). The van der Waals surface area contributed by atoms with Crippen LogP contribution in [0.2, 0.25) is 0 Å². The van der Waals surface area contributed by atoms with Crippen molar-refractivity contribution in [3.63, 3.8) is 0 Å². The van der Waals surface area contributed by atoms with Gasteiger partial charge in [-0.15, -0.1) is 0 Å². The van der Waals surface area contributed by atoms with E-state index in [1.807, 2.05) is 47.1 Å². The van der Waals surface area contributed by atoms with Gasteiger partial charge in [-0.1, -0.05) is 24.3 Å². The fourth-order valence-corrected chi connectivity index (χ4v) is 3.08. The van der Waals surface area contributed by atoms with Crippen molar-refractivity contribution in [2.75, 3.05) is 12.4 Å². The van der Waals surface area contributed by atoms with Crippen LogP contribution in [0.15, 0.2) is 85.2 Å². The second-order valence-corrected chi connectivity index (χ2v) is 6.95. The molecule has 0 saturated carbocycles. The smallest absolute Gasteiger partial charge is 0.337 e. The number of hydrogen-bond donors (Lipinski definition) is 1. The van der Waals surface area contributed by atoms with Gasteiger partial charge in [0.15, 0.2) is 0 Å². The highest BCUT2D eigenvalue weighted by molar-refractivity contribution is 6.02. The van der Waals surface area contributed by atoms with Gasteiger partial charge >= 0.3 is 5.97 Å². The van der Waals surface area contributed by atoms with E-state index in [0.717, 1.165) is 16.9 Å². The molecule has 32 heavy (non-hydrogen) atoms. The van der Waals surface area contributed by atoms with E-state index >= 15 is 0 Å². The summed E-state index contributed by atoms with van der Waals surface area (Å²) < 4.78 is 12.4. The van der Waals surface area contributed by atoms with E-state index in [4.69, 9.17) is 4.74 Å². The van der Waals surface area contributed by atoms with Crippen molar-refractivity contribution in [3.05, 3.63) is 102 Å². The van der Waals surface area contributed by atoms with Gasteiger partial charge in [-0.05, 0) is 48.0 Å². The van der Waals surface area contributed by atoms with Crippen LogP contribution in [0.3, 0.4) is 0 Å². The van der Waals surface area contributed by atoms with Gasteiger partial charge in [0.05, 0.1) is 18.4 Å². The molecule has 0 saturated heterocycles. The maximum absolute atomic E-state index is 12.3. The standard InChI is InChI=1S/C25H21N3O4/c1-31-25(30)19-11-8-18(9-12-19)10-13-24(29)27-20-5-4-6-22(15-20)32-17-21-16-28-14-3-2-7-23(28)26-21/h2-16H,17H2,1H3,(H,27,29)/b13-10+. The Morgan fingerprint density at radius 2 is 1.91 bits per heavy atom. The first-order valence-corrected chi connectivity index (χ1v) is 9.93. The van der Waals surface area contributed by atoms with E-state index in [2.05, 4.69) is 15.0 Å². The maximum Gasteiger partial charge on any atom is 0.337 e. The van der Waals surface area contributed by atoms with Gasteiger partial charge in [-0.2, -0.15) is 0 Å². The van der Waals surface area contributed by atoms with E-state index in [1.54, 1.807) is 42.5 Å². The minimum absolute atomic E-state index is 0.278. The zero-order valence-corrected chi connectivity index (χ0v) is 17.4. The molecule has 7 nitrogen and oxygen atoms in total. The Hall–Kier alpha value is -4.39. The van der Waals surface area contributed by atoms with Crippen molar-refractivity contribution in [3.8, 4) is 5.75 Å². The molecule has 0 aliphatic rings. The van der Waals surface area contributed by atoms with Gasteiger partial charge < -0.3 is 19.2 Å². The minimum atomic E-state index is -0.401. The van der Waals surface area contributed by atoms with Crippen LogP contribution in [0.1, 0.15) is 21.6 Å². The molecule has 0 spiro atoms. The lowest BCUT2D eigenvalue weighted by atomic mass is 10.1. The summed E-state index contributed by atoms with van der Waals surface area (Å²) in [5.41, 5.74) is 3.53. The molecule has 0 fully saturated rings. The molecule has 0 aliphatic carbocycles. The average Bonchev–Trinajstić information content (AvgIpc) is 3.25. The van der Waals surface area contributed by atoms with Crippen molar-refractivity contribution < 1.29 is 19.1 Å². The van der Waals surface area contributed by atoms with Gasteiger partial charge in [-0.3, -0.25) is 4.79 Å². The maximum atomic E-state index is 12.3. The number of nitrogens with zero attached hydrogens (tertiary/aromatic N) is 2. The summed E-state index contributed by atoms with van der Waals surface area (Å²) in [7, 11) is 1.33. The van der Waals surface area contributed by atoms with Crippen molar-refractivity contribution in [1.29, 1.82) is 0 Å². The third-order valence-corrected chi connectivity index (χ3v) is 4.66. The molecule has 2 aromatic carbocycles. The molecule has 1 N–H and O–H groups in total. The number of esters is 1. The lowest BCUT2D eigenvalue weighted by Gasteiger charge is -2.07. The highest BCUT2D eigenvalue weighted by Crippen LogP contribution is 2.19. The lowest BCUT2D eigenvalue weighted by molar-refractivity contribution is -0.111.